The number of carbonyl (C=O) groups is 1. The van der Waals surface area contributed by atoms with Gasteiger partial charge in [0, 0.05) is 12.3 Å². The molecule has 0 aliphatic carbocycles. The quantitative estimate of drug-likeness (QED) is 0.569. The molecule has 0 atom stereocenters. The predicted octanol–water partition coefficient (Wildman–Crippen LogP) is 3.61. The fourth-order valence-corrected chi connectivity index (χ4v) is 4.56. The molecule has 0 saturated heterocycles. The maximum absolute atomic E-state index is 13.2. The SMILES string of the molecule is COc1cc(-c2c(Cl)ccn2S(=O)(=O)c2ccc(C)cc2)oc1C1=NOC(=O)C1. The molecule has 0 saturated carbocycles. The van der Waals surface area contributed by atoms with Crippen molar-refractivity contribution in [2.45, 2.75) is 18.2 Å². The summed E-state index contributed by atoms with van der Waals surface area (Å²) in [5.41, 5.74) is 1.31. The van der Waals surface area contributed by atoms with Gasteiger partial charge in [0.25, 0.3) is 10.0 Å². The van der Waals surface area contributed by atoms with Crippen LogP contribution in [0.5, 0.6) is 5.75 Å². The molecule has 3 heterocycles. The summed E-state index contributed by atoms with van der Waals surface area (Å²) in [5.74, 6) is 0.0615. The normalized spacial score (nSPS) is 14.0. The minimum absolute atomic E-state index is 0.0836. The third kappa shape index (κ3) is 3.32. The van der Waals surface area contributed by atoms with Gasteiger partial charge in [-0.05, 0) is 25.1 Å². The van der Waals surface area contributed by atoms with Crippen molar-refractivity contribution in [3.63, 3.8) is 0 Å². The number of halogens is 1. The Morgan fingerprint density at radius 1 is 1.21 bits per heavy atom. The molecule has 3 aromatic rings. The molecule has 0 unspecified atom stereocenters. The highest BCUT2D eigenvalue weighted by Crippen LogP contribution is 2.38. The van der Waals surface area contributed by atoms with E-state index in [1.807, 2.05) is 6.92 Å². The van der Waals surface area contributed by atoms with E-state index in [1.54, 1.807) is 12.1 Å². The topological polar surface area (TPSA) is 100 Å². The van der Waals surface area contributed by atoms with Crippen molar-refractivity contribution < 1.29 is 27.2 Å². The zero-order chi connectivity index (χ0) is 20.8. The first-order chi connectivity index (χ1) is 13.8. The molecule has 0 spiro atoms. The van der Waals surface area contributed by atoms with Crippen molar-refractivity contribution in [3.8, 4) is 17.2 Å². The van der Waals surface area contributed by atoms with Crippen LogP contribution in [0.15, 0.2) is 57.1 Å². The van der Waals surface area contributed by atoms with Crippen LogP contribution in [0.3, 0.4) is 0 Å². The monoisotopic (exact) mass is 434 g/mol. The molecule has 0 bridgehead atoms. The first-order valence-electron chi connectivity index (χ1n) is 8.45. The molecule has 0 radical (unpaired) electrons. The van der Waals surface area contributed by atoms with Crippen molar-refractivity contribution in [1.82, 2.24) is 3.97 Å². The number of hydrogen-bond donors (Lipinski definition) is 0. The maximum Gasteiger partial charge on any atom is 0.341 e. The van der Waals surface area contributed by atoms with E-state index in [0.29, 0.717) is 0 Å². The van der Waals surface area contributed by atoms with Crippen LogP contribution in [-0.4, -0.2) is 31.2 Å². The molecule has 10 heteroatoms. The van der Waals surface area contributed by atoms with E-state index in [-0.39, 0.29) is 45.0 Å². The molecule has 1 aliphatic rings. The zero-order valence-corrected chi connectivity index (χ0v) is 17.0. The Hall–Kier alpha value is -3.04. The highest BCUT2D eigenvalue weighted by molar-refractivity contribution is 7.90. The summed E-state index contributed by atoms with van der Waals surface area (Å²) in [4.78, 5) is 16.1. The van der Waals surface area contributed by atoms with E-state index in [4.69, 9.17) is 20.8 Å². The molecule has 1 aromatic carbocycles. The second-order valence-electron chi connectivity index (χ2n) is 6.31. The van der Waals surface area contributed by atoms with Crippen LogP contribution in [0.2, 0.25) is 5.02 Å². The van der Waals surface area contributed by atoms with Gasteiger partial charge in [-0.25, -0.2) is 17.2 Å². The van der Waals surface area contributed by atoms with Gasteiger partial charge in [0.05, 0.1) is 23.4 Å². The molecule has 0 amide bonds. The summed E-state index contributed by atoms with van der Waals surface area (Å²) in [6, 6.07) is 9.40. The van der Waals surface area contributed by atoms with E-state index in [1.165, 1.54) is 37.6 Å². The average Bonchev–Trinajstić information content (AvgIpc) is 3.39. The Labute approximate surface area is 171 Å². The van der Waals surface area contributed by atoms with Gasteiger partial charge in [-0.2, -0.15) is 0 Å². The van der Waals surface area contributed by atoms with Gasteiger partial charge in [-0.3, -0.25) is 0 Å². The molecule has 0 fully saturated rings. The number of nitrogens with zero attached hydrogens (tertiary/aromatic N) is 2. The zero-order valence-electron chi connectivity index (χ0n) is 15.4. The summed E-state index contributed by atoms with van der Waals surface area (Å²) >= 11 is 6.29. The number of carbonyl (C=O) groups excluding carboxylic acids is 1. The van der Waals surface area contributed by atoms with Gasteiger partial charge >= 0.3 is 5.97 Å². The molecule has 8 nitrogen and oxygen atoms in total. The van der Waals surface area contributed by atoms with Crippen LogP contribution in [0.1, 0.15) is 17.7 Å². The van der Waals surface area contributed by atoms with E-state index in [2.05, 4.69) is 9.99 Å². The molecule has 150 valence electrons. The van der Waals surface area contributed by atoms with Crippen molar-refractivity contribution >= 4 is 33.3 Å². The van der Waals surface area contributed by atoms with Crippen LogP contribution in [0.4, 0.5) is 0 Å². The van der Waals surface area contributed by atoms with Crippen molar-refractivity contribution in [2.75, 3.05) is 7.11 Å². The average molecular weight is 435 g/mol. The molecule has 4 rings (SSSR count). The van der Waals surface area contributed by atoms with Gasteiger partial charge in [-0.1, -0.05) is 34.5 Å². The fraction of sp³-hybridized carbons (Fsp3) is 0.158. The number of ether oxygens (including phenoxy) is 1. The Balaban J connectivity index is 1.84. The van der Waals surface area contributed by atoms with Gasteiger partial charge in [0.1, 0.15) is 11.4 Å². The summed E-state index contributed by atoms with van der Waals surface area (Å²) in [6.45, 7) is 1.87. The lowest BCUT2D eigenvalue weighted by Crippen LogP contribution is -2.13. The highest BCUT2D eigenvalue weighted by atomic mass is 35.5. The molecular formula is C19H15ClN2O6S. The highest BCUT2D eigenvalue weighted by Gasteiger charge is 2.30. The summed E-state index contributed by atoms with van der Waals surface area (Å²) in [6.07, 6.45) is 1.26. The minimum Gasteiger partial charge on any atom is -0.493 e. The number of aryl methyl sites for hydroxylation is 1. The first-order valence-corrected chi connectivity index (χ1v) is 10.3. The molecule has 0 N–H and O–H groups in total. The van der Waals surface area contributed by atoms with Crippen LogP contribution < -0.4 is 4.74 Å². The Morgan fingerprint density at radius 3 is 2.55 bits per heavy atom. The second kappa shape index (κ2) is 7.09. The van der Waals surface area contributed by atoms with E-state index < -0.39 is 16.0 Å². The Morgan fingerprint density at radius 2 is 1.93 bits per heavy atom. The van der Waals surface area contributed by atoms with Crippen LogP contribution in [0, 0.1) is 6.92 Å². The number of furan rings is 1. The largest absolute Gasteiger partial charge is 0.493 e. The summed E-state index contributed by atoms with van der Waals surface area (Å²) in [7, 11) is -2.51. The van der Waals surface area contributed by atoms with Crippen molar-refractivity contribution in [3.05, 3.63) is 58.9 Å². The third-order valence-electron chi connectivity index (χ3n) is 4.36. The lowest BCUT2D eigenvalue weighted by atomic mass is 10.2. The number of aromatic nitrogens is 1. The van der Waals surface area contributed by atoms with E-state index >= 15 is 0 Å². The number of rotatable bonds is 5. The number of oxime groups is 1. The second-order valence-corrected chi connectivity index (χ2v) is 8.53. The standard InChI is InChI=1S/C19H15ClN2O6S/c1-11-3-5-12(6-4-11)29(24,25)22-8-7-13(20)18(22)15-10-16(26-2)19(27-15)14-9-17(23)28-21-14/h3-8,10H,9H2,1-2H3. The summed E-state index contributed by atoms with van der Waals surface area (Å²) < 4.78 is 38.4. The number of benzene rings is 1. The fourth-order valence-electron chi connectivity index (χ4n) is 2.92. The Bertz CT molecular complexity index is 1240. The minimum atomic E-state index is -3.93. The Kier molecular flexibility index (Phi) is 4.71. The maximum atomic E-state index is 13.2. The van der Waals surface area contributed by atoms with E-state index in [9.17, 15) is 13.2 Å². The number of methoxy groups -OCH3 is 1. The van der Waals surface area contributed by atoms with Gasteiger partial charge in [-0.15, -0.1) is 0 Å². The number of hydrogen-bond acceptors (Lipinski definition) is 7. The summed E-state index contributed by atoms with van der Waals surface area (Å²) in [5, 5.41) is 3.85. The smallest absolute Gasteiger partial charge is 0.341 e. The predicted molar refractivity (Wildman–Crippen MR) is 105 cm³/mol. The van der Waals surface area contributed by atoms with Gasteiger partial charge < -0.3 is 14.0 Å². The molecule has 1 aliphatic heterocycles. The first kappa shape index (κ1) is 19.3. The van der Waals surface area contributed by atoms with Gasteiger partial charge in [0.2, 0.25) is 0 Å². The van der Waals surface area contributed by atoms with E-state index in [0.717, 1.165) is 9.54 Å². The van der Waals surface area contributed by atoms with Crippen molar-refractivity contribution in [1.29, 1.82) is 0 Å². The lowest BCUT2D eigenvalue weighted by Gasteiger charge is -2.10. The van der Waals surface area contributed by atoms with Crippen LogP contribution in [-0.2, 0) is 19.7 Å². The molecule has 2 aromatic heterocycles. The molecule has 29 heavy (non-hydrogen) atoms. The van der Waals surface area contributed by atoms with Crippen LogP contribution in [0.25, 0.3) is 11.5 Å². The van der Waals surface area contributed by atoms with Crippen LogP contribution >= 0.6 is 11.6 Å². The van der Waals surface area contributed by atoms with Gasteiger partial charge in [0.15, 0.2) is 17.3 Å². The molecular weight excluding hydrogens is 420 g/mol. The van der Waals surface area contributed by atoms with Crippen molar-refractivity contribution in [2.24, 2.45) is 5.16 Å². The third-order valence-corrected chi connectivity index (χ3v) is 6.36. The lowest BCUT2D eigenvalue weighted by molar-refractivity contribution is -0.140.